The molecule has 0 atom stereocenters. The molecule has 2 heterocycles. The van der Waals surface area contributed by atoms with Gasteiger partial charge in [-0.2, -0.15) is 11.8 Å². The molecule has 18 heavy (non-hydrogen) atoms. The molecule has 0 aliphatic carbocycles. The summed E-state index contributed by atoms with van der Waals surface area (Å²) in [7, 11) is 0. The van der Waals surface area contributed by atoms with Gasteiger partial charge in [0, 0.05) is 29.0 Å². The summed E-state index contributed by atoms with van der Waals surface area (Å²) in [6, 6.07) is 1.63. The standard InChI is InChI=1S/C12H16BrN3OS/c1-18-8-2-4-16(5-3-8)12(17)9-6-11(14)15-7-10(9)13/h6-8H,2-5H2,1H3,(H2,14,15). The van der Waals surface area contributed by atoms with Gasteiger partial charge in [0.25, 0.3) is 5.91 Å². The molecule has 2 rings (SSSR count). The van der Waals surface area contributed by atoms with Gasteiger partial charge >= 0.3 is 0 Å². The van der Waals surface area contributed by atoms with Crippen molar-refractivity contribution in [3.8, 4) is 0 Å². The summed E-state index contributed by atoms with van der Waals surface area (Å²) in [5.74, 6) is 0.413. The number of halogens is 1. The molecule has 1 amide bonds. The van der Waals surface area contributed by atoms with E-state index in [-0.39, 0.29) is 5.91 Å². The van der Waals surface area contributed by atoms with Crippen molar-refractivity contribution >= 4 is 39.4 Å². The van der Waals surface area contributed by atoms with Crippen LogP contribution in [0.1, 0.15) is 23.2 Å². The molecular formula is C12H16BrN3OS. The Morgan fingerprint density at radius 3 is 2.83 bits per heavy atom. The summed E-state index contributed by atoms with van der Waals surface area (Å²) in [6.45, 7) is 1.64. The molecule has 1 aromatic rings. The number of likely N-dealkylation sites (tertiary alicyclic amines) is 1. The number of hydrogen-bond donors (Lipinski definition) is 1. The molecule has 1 aliphatic rings. The molecule has 1 aliphatic heterocycles. The number of nitrogens with zero attached hydrogens (tertiary/aromatic N) is 2. The van der Waals surface area contributed by atoms with Crippen LogP contribution in [0.25, 0.3) is 0 Å². The molecule has 0 bridgehead atoms. The summed E-state index contributed by atoms with van der Waals surface area (Å²) in [4.78, 5) is 18.2. The van der Waals surface area contributed by atoms with Gasteiger partial charge in [-0.15, -0.1) is 0 Å². The number of rotatable bonds is 2. The van der Waals surface area contributed by atoms with E-state index in [1.54, 1.807) is 12.3 Å². The minimum Gasteiger partial charge on any atom is -0.384 e. The number of piperidine rings is 1. The van der Waals surface area contributed by atoms with E-state index in [4.69, 9.17) is 5.73 Å². The first kappa shape index (κ1) is 13.7. The maximum absolute atomic E-state index is 12.4. The molecule has 6 heteroatoms. The number of carbonyl (C=O) groups excluding carboxylic acids is 1. The van der Waals surface area contributed by atoms with Crippen LogP contribution < -0.4 is 5.73 Å². The van der Waals surface area contributed by atoms with E-state index in [1.165, 1.54) is 0 Å². The molecule has 4 nitrogen and oxygen atoms in total. The first-order valence-electron chi connectivity index (χ1n) is 5.85. The maximum Gasteiger partial charge on any atom is 0.255 e. The lowest BCUT2D eigenvalue weighted by atomic mass is 10.1. The van der Waals surface area contributed by atoms with Crippen LogP contribution in [-0.4, -0.2) is 40.4 Å². The van der Waals surface area contributed by atoms with Gasteiger partial charge in [0.1, 0.15) is 5.82 Å². The van der Waals surface area contributed by atoms with Gasteiger partial charge in [-0.3, -0.25) is 4.79 Å². The molecule has 0 saturated carbocycles. The first-order chi connectivity index (χ1) is 8.61. The number of thioether (sulfide) groups is 1. The van der Waals surface area contributed by atoms with Crippen LogP contribution in [0.5, 0.6) is 0 Å². The molecule has 98 valence electrons. The minimum absolute atomic E-state index is 0.0375. The molecule has 1 fully saturated rings. The Labute approximate surface area is 119 Å². The summed E-state index contributed by atoms with van der Waals surface area (Å²) in [6.07, 6.45) is 5.83. The van der Waals surface area contributed by atoms with Gasteiger partial charge in [0.15, 0.2) is 0 Å². The second-order valence-electron chi connectivity index (χ2n) is 4.32. The van der Waals surface area contributed by atoms with E-state index in [1.807, 2.05) is 16.7 Å². The van der Waals surface area contributed by atoms with E-state index in [0.717, 1.165) is 25.9 Å². The number of amides is 1. The van der Waals surface area contributed by atoms with Crippen LogP contribution in [0.4, 0.5) is 5.82 Å². The van der Waals surface area contributed by atoms with Crippen LogP contribution in [0.2, 0.25) is 0 Å². The fourth-order valence-corrected chi connectivity index (χ4v) is 3.15. The van der Waals surface area contributed by atoms with Crippen LogP contribution in [0, 0.1) is 0 Å². The summed E-state index contributed by atoms with van der Waals surface area (Å²) < 4.78 is 0.702. The SMILES string of the molecule is CSC1CCN(C(=O)c2cc(N)ncc2Br)CC1. The van der Waals surface area contributed by atoms with Gasteiger partial charge in [0.2, 0.25) is 0 Å². The predicted molar refractivity (Wildman–Crippen MR) is 78.8 cm³/mol. The summed E-state index contributed by atoms with van der Waals surface area (Å²) >= 11 is 5.24. The smallest absolute Gasteiger partial charge is 0.255 e. The van der Waals surface area contributed by atoms with Gasteiger partial charge in [-0.1, -0.05) is 0 Å². The van der Waals surface area contributed by atoms with E-state index >= 15 is 0 Å². The first-order valence-corrected chi connectivity index (χ1v) is 7.93. The molecule has 0 unspecified atom stereocenters. The highest BCUT2D eigenvalue weighted by Gasteiger charge is 2.24. The highest BCUT2D eigenvalue weighted by atomic mass is 79.9. The number of pyridine rings is 1. The Morgan fingerprint density at radius 2 is 2.22 bits per heavy atom. The van der Waals surface area contributed by atoms with Gasteiger partial charge < -0.3 is 10.6 Å². The van der Waals surface area contributed by atoms with Gasteiger partial charge in [-0.25, -0.2) is 4.98 Å². The van der Waals surface area contributed by atoms with Gasteiger partial charge in [-0.05, 0) is 41.1 Å². The average Bonchev–Trinajstić information content (AvgIpc) is 2.41. The summed E-state index contributed by atoms with van der Waals surface area (Å²) in [5.41, 5.74) is 6.23. The number of carbonyl (C=O) groups is 1. The van der Waals surface area contributed by atoms with Crippen molar-refractivity contribution in [3.05, 3.63) is 22.3 Å². The second-order valence-corrected chi connectivity index (χ2v) is 6.31. The fourth-order valence-electron chi connectivity index (χ4n) is 2.08. The van der Waals surface area contributed by atoms with Crippen LogP contribution in [-0.2, 0) is 0 Å². The van der Waals surface area contributed by atoms with Crippen molar-refractivity contribution in [1.29, 1.82) is 0 Å². The van der Waals surface area contributed by atoms with Crippen molar-refractivity contribution in [2.45, 2.75) is 18.1 Å². The zero-order valence-electron chi connectivity index (χ0n) is 10.2. The Balaban J connectivity index is 2.10. The molecular weight excluding hydrogens is 314 g/mol. The minimum atomic E-state index is 0.0375. The molecule has 0 spiro atoms. The lowest BCUT2D eigenvalue weighted by molar-refractivity contribution is 0.0726. The average molecular weight is 330 g/mol. The highest BCUT2D eigenvalue weighted by molar-refractivity contribution is 9.10. The van der Waals surface area contributed by atoms with E-state index in [9.17, 15) is 4.79 Å². The van der Waals surface area contributed by atoms with Crippen molar-refractivity contribution in [3.63, 3.8) is 0 Å². The predicted octanol–water partition coefficient (Wildman–Crippen LogP) is 2.39. The maximum atomic E-state index is 12.4. The molecule has 1 aromatic heterocycles. The molecule has 0 radical (unpaired) electrons. The topological polar surface area (TPSA) is 59.2 Å². The lowest BCUT2D eigenvalue weighted by Gasteiger charge is -2.31. The van der Waals surface area contributed by atoms with Gasteiger partial charge in [0.05, 0.1) is 5.56 Å². The number of anilines is 1. The Bertz CT molecular complexity index is 447. The third kappa shape index (κ3) is 2.98. The Kier molecular flexibility index (Phi) is 4.50. The number of hydrogen-bond acceptors (Lipinski definition) is 4. The third-order valence-electron chi connectivity index (χ3n) is 3.17. The number of nitrogen functional groups attached to an aromatic ring is 1. The van der Waals surface area contributed by atoms with E-state index in [2.05, 4.69) is 27.2 Å². The quantitative estimate of drug-likeness (QED) is 0.905. The third-order valence-corrected chi connectivity index (χ3v) is 4.94. The largest absolute Gasteiger partial charge is 0.384 e. The van der Waals surface area contributed by atoms with Crippen LogP contribution >= 0.6 is 27.7 Å². The van der Waals surface area contributed by atoms with E-state index < -0.39 is 0 Å². The Morgan fingerprint density at radius 1 is 1.56 bits per heavy atom. The lowest BCUT2D eigenvalue weighted by Crippen LogP contribution is -2.39. The second kappa shape index (κ2) is 5.93. The number of nitrogens with two attached hydrogens (primary N) is 1. The summed E-state index contributed by atoms with van der Waals surface area (Å²) in [5, 5.41) is 0.681. The zero-order chi connectivity index (χ0) is 13.1. The number of aromatic nitrogens is 1. The van der Waals surface area contributed by atoms with Crippen molar-refractivity contribution in [2.24, 2.45) is 0 Å². The molecule has 1 saturated heterocycles. The monoisotopic (exact) mass is 329 g/mol. The molecule has 0 aromatic carbocycles. The van der Waals surface area contributed by atoms with Crippen LogP contribution in [0.15, 0.2) is 16.7 Å². The zero-order valence-corrected chi connectivity index (χ0v) is 12.6. The normalized spacial score (nSPS) is 16.9. The fraction of sp³-hybridized carbons (Fsp3) is 0.500. The Hall–Kier alpha value is -0.750. The van der Waals surface area contributed by atoms with Crippen molar-refractivity contribution in [1.82, 2.24) is 9.88 Å². The van der Waals surface area contributed by atoms with Crippen molar-refractivity contribution in [2.75, 3.05) is 25.1 Å². The highest BCUT2D eigenvalue weighted by Crippen LogP contribution is 2.24. The van der Waals surface area contributed by atoms with Crippen molar-refractivity contribution < 1.29 is 4.79 Å². The van der Waals surface area contributed by atoms with Crippen LogP contribution in [0.3, 0.4) is 0 Å². The molecule has 2 N–H and O–H groups in total. The van der Waals surface area contributed by atoms with E-state index in [0.29, 0.717) is 21.1 Å².